The average molecular weight is 266 g/mol. The van der Waals surface area contributed by atoms with Crippen molar-refractivity contribution < 1.29 is 0 Å². The van der Waals surface area contributed by atoms with Gasteiger partial charge >= 0.3 is 0 Å². The normalized spacial score (nSPS) is 14.8. The van der Waals surface area contributed by atoms with Crippen molar-refractivity contribution in [2.24, 2.45) is 0 Å². The summed E-state index contributed by atoms with van der Waals surface area (Å²) < 4.78 is 2.09. The van der Waals surface area contributed by atoms with Gasteiger partial charge in [-0.3, -0.25) is 4.68 Å². The monoisotopic (exact) mass is 266 g/mol. The highest BCUT2D eigenvalue weighted by molar-refractivity contribution is 5.02. The highest BCUT2D eigenvalue weighted by atomic mass is 15.3. The summed E-state index contributed by atoms with van der Waals surface area (Å²) in [5.41, 5.74) is 1.19. The van der Waals surface area contributed by atoms with Gasteiger partial charge < -0.3 is 10.2 Å². The highest BCUT2D eigenvalue weighted by Gasteiger charge is 2.12. The quantitative estimate of drug-likeness (QED) is 0.744. The van der Waals surface area contributed by atoms with Gasteiger partial charge in [0.05, 0.1) is 5.69 Å². The van der Waals surface area contributed by atoms with Gasteiger partial charge in [-0.25, -0.2) is 0 Å². The number of nitrogens with one attached hydrogen (secondary N) is 1. The molecule has 0 saturated heterocycles. The zero-order valence-electron chi connectivity index (χ0n) is 13.2. The Balaban J connectivity index is 2.59. The molecule has 0 aliphatic carbocycles. The van der Waals surface area contributed by atoms with Crippen LogP contribution in [0.4, 0.5) is 0 Å². The molecule has 110 valence electrons. The van der Waals surface area contributed by atoms with Gasteiger partial charge in [-0.1, -0.05) is 13.8 Å². The summed E-state index contributed by atoms with van der Waals surface area (Å²) in [6.45, 7) is 8.74. The summed E-state index contributed by atoms with van der Waals surface area (Å²) in [5, 5.41) is 8.31. The third-order valence-corrected chi connectivity index (χ3v) is 3.43. The zero-order chi connectivity index (χ0) is 14.3. The van der Waals surface area contributed by atoms with Crippen molar-refractivity contribution in [2.45, 2.75) is 52.1 Å². The third kappa shape index (κ3) is 5.74. The van der Waals surface area contributed by atoms with Gasteiger partial charge in [-0.05, 0) is 46.5 Å². The first-order chi connectivity index (χ1) is 9.06. The van der Waals surface area contributed by atoms with Crippen molar-refractivity contribution in [2.75, 3.05) is 27.2 Å². The van der Waals surface area contributed by atoms with Crippen LogP contribution in [-0.2, 0) is 6.42 Å². The molecule has 0 aliphatic heterocycles. The lowest BCUT2D eigenvalue weighted by Crippen LogP contribution is -2.40. The zero-order valence-corrected chi connectivity index (χ0v) is 13.2. The average Bonchev–Trinajstić information content (AvgIpc) is 2.82. The summed E-state index contributed by atoms with van der Waals surface area (Å²) in [6, 6.07) is 3.13. The van der Waals surface area contributed by atoms with Crippen LogP contribution >= 0.6 is 0 Å². The maximum atomic E-state index is 4.69. The van der Waals surface area contributed by atoms with Crippen molar-refractivity contribution in [3.05, 3.63) is 18.0 Å². The molecule has 4 nitrogen and oxygen atoms in total. The first-order valence-electron chi connectivity index (χ1n) is 7.48. The van der Waals surface area contributed by atoms with Crippen LogP contribution in [0.15, 0.2) is 12.3 Å². The number of nitrogens with zero attached hydrogens (tertiary/aromatic N) is 3. The molecule has 0 fully saturated rings. The Bertz CT molecular complexity index is 346. The molecular weight excluding hydrogens is 236 g/mol. The summed E-state index contributed by atoms with van der Waals surface area (Å²) >= 11 is 0. The van der Waals surface area contributed by atoms with Crippen molar-refractivity contribution in [1.29, 1.82) is 0 Å². The maximum Gasteiger partial charge on any atom is 0.0640 e. The van der Waals surface area contributed by atoms with E-state index in [2.05, 4.69) is 62.0 Å². The van der Waals surface area contributed by atoms with Crippen molar-refractivity contribution in [1.82, 2.24) is 20.0 Å². The molecule has 1 aromatic heterocycles. The van der Waals surface area contributed by atoms with E-state index in [9.17, 15) is 0 Å². The minimum absolute atomic E-state index is 0.482. The van der Waals surface area contributed by atoms with Gasteiger partial charge in [0.15, 0.2) is 0 Å². The van der Waals surface area contributed by atoms with Crippen LogP contribution in [-0.4, -0.2) is 47.9 Å². The third-order valence-electron chi connectivity index (χ3n) is 3.43. The molecule has 2 unspecified atom stereocenters. The molecule has 1 N–H and O–H groups in total. The molecule has 4 heteroatoms. The predicted octanol–water partition coefficient (Wildman–Crippen LogP) is 2.33. The number of aromatic nitrogens is 2. The van der Waals surface area contributed by atoms with Gasteiger partial charge in [-0.2, -0.15) is 5.10 Å². The molecule has 0 amide bonds. The fraction of sp³-hybridized carbons (Fsp3) is 0.800. The molecule has 0 radical (unpaired) electrons. The Labute approximate surface area is 118 Å². The van der Waals surface area contributed by atoms with E-state index in [4.69, 9.17) is 5.10 Å². The van der Waals surface area contributed by atoms with E-state index < -0.39 is 0 Å². The second kappa shape index (κ2) is 8.33. The van der Waals surface area contributed by atoms with Gasteiger partial charge in [0.2, 0.25) is 0 Å². The van der Waals surface area contributed by atoms with Crippen LogP contribution in [0.25, 0.3) is 0 Å². The van der Waals surface area contributed by atoms with E-state index in [0.717, 1.165) is 25.9 Å². The van der Waals surface area contributed by atoms with E-state index in [-0.39, 0.29) is 0 Å². The summed E-state index contributed by atoms with van der Waals surface area (Å²) in [5.74, 6) is 0. The SMILES string of the molecule is CCCNC(Cc1ccn(C(C)CC)n1)CN(C)C. The van der Waals surface area contributed by atoms with Gasteiger partial charge in [0.25, 0.3) is 0 Å². The van der Waals surface area contributed by atoms with E-state index in [1.807, 2.05) is 0 Å². The van der Waals surface area contributed by atoms with Crippen molar-refractivity contribution in [3.63, 3.8) is 0 Å². The molecule has 1 aromatic rings. The van der Waals surface area contributed by atoms with Gasteiger partial charge in [0.1, 0.15) is 0 Å². The van der Waals surface area contributed by atoms with Crippen LogP contribution in [0.5, 0.6) is 0 Å². The second-order valence-electron chi connectivity index (χ2n) is 5.66. The van der Waals surface area contributed by atoms with E-state index >= 15 is 0 Å². The smallest absolute Gasteiger partial charge is 0.0640 e. The van der Waals surface area contributed by atoms with E-state index in [0.29, 0.717) is 12.1 Å². The van der Waals surface area contributed by atoms with Crippen molar-refractivity contribution >= 4 is 0 Å². The number of rotatable bonds is 9. The molecule has 0 bridgehead atoms. The molecule has 0 aromatic carbocycles. The Morgan fingerprint density at radius 3 is 2.68 bits per heavy atom. The summed E-state index contributed by atoms with van der Waals surface area (Å²) in [7, 11) is 4.25. The Kier molecular flexibility index (Phi) is 7.10. The molecule has 1 rings (SSSR count). The minimum atomic E-state index is 0.482. The second-order valence-corrected chi connectivity index (χ2v) is 5.66. The fourth-order valence-corrected chi connectivity index (χ4v) is 2.16. The Hall–Kier alpha value is -0.870. The van der Waals surface area contributed by atoms with Crippen LogP contribution in [0.1, 0.15) is 45.3 Å². The molecule has 1 heterocycles. The largest absolute Gasteiger partial charge is 0.312 e. The molecule has 0 saturated carbocycles. The topological polar surface area (TPSA) is 33.1 Å². The maximum absolute atomic E-state index is 4.69. The van der Waals surface area contributed by atoms with E-state index in [1.165, 1.54) is 12.1 Å². The summed E-state index contributed by atoms with van der Waals surface area (Å²) in [4.78, 5) is 2.24. The number of likely N-dealkylation sites (N-methyl/N-ethyl adjacent to an activating group) is 1. The standard InChI is InChI=1S/C15H30N4/c1-6-9-16-15(12-18(4)5)11-14-8-10-19(17-14)13(3)7-2/h8,10,13,15-16H,6-7,9,11-12H2,1-5H3. The lowest BCUT2D eigenvalue weighted by Gasteiger charge is -2.21. The van der Waals surface area contributed by atoms with Crippen LogP contribution in [0.2, 0.25) is 0 Å². The van der Waals surface area contributed by atoms with Gasteiger partial charge in [-0.15, -0.1) is 0 Å². The lowest BCUT2D eigenvalue weighted by molar-refractivity contribution is 0.333. The molecule has 0 spiro atoms. The van der Waals surface area contributed by atoms with Crippen molar-refractivity contribution in [3.8, 4) is 0 Å². The van der Waals surface area contributed by atoms with Crippen LogP contribution in [0, 0.1) is 0 Å². The first kappa shape index (κ1) is 16.2. The predicted molar refractivity (Wildman–Crippen MR) is 81.6 cm³/mol. The Morgan fingerprint density at radius 2 is 2.11 bits per heavy atom. The highest BCUT2D eigenvalue weighted by Crippen LogP contribution is 2.10. The fourth-order valence-electron chi connectivity index (χ4n) is 2.16. The molecular formula is C15H30N4. The molecule has 19 heavy (non-hydrogen) atoms. The van der Waals surface area contributed by atoms with Crippen LogP contribution < -0.4 is 5.32 Å². The molecule has 2 atom stereocenters. The minimum Gasteiger partial charge on any atom is -0.312 e. The molecule has 0 aliphatic rings. The summed E-state index contributed by atoms with van der Waals surface area (Å²) in [6.07, 6.45) is 5.40. The number of hydrogen-bond acceptors (Lipinski definition) is 3. The lowest BCUT2D eigenvalue weighted by atomic mass is 10.1. The number of hydrogen-bond donors (Lipinski definition) is 1. The first-order valence-corrected chi connectivity index (χ1v) is 7.48. The Morgan fingerprint density at radius 1 is 1.37 bits per heavy atom. The van der Waals surface area contributed by atoms with Gasteiger partial charge in [0, 0.05) is 31.2 Å². The van der Waals surface area contributed by atoms with Crippen LogP contribution in [0.3, 0.4) is 0 Å². The van der Waals surface area contributed by atoms with E-state index in [1.54, 1.807) is 0 Å².